The number of para-hydroxylation sites is 1. The molecule has 1 amide bonds. The number of amides is 1. The molecule has 0 saturated heterocycles. The molecule has 0 radical (unpaired) electrons. The largest absolute Gasteiger partial charge is 0.325 e. The smallest absolute Gasteiger partial charge is 0.265 e. The molecule has 0 saturated carbocycles. The summed E-state index contributed by atoms with van der Waals surface area (Å²) in [6, 6.07) is 34.0. The summed E-state index contributed by atoms with van der Waals surface area (Å²) in [5.41, 5.74) is 3.76. The zero-order chi connectivity index (χ0) is 23.5. The van der Waals surface area contributed by atoms with Gasteiger partial charge in [0.25, 0.3) is 5.56 Å². The predicted molar refractivity (Wildman–Crippen MR) is 135 cm³/mol. The third-order valence-electron chi connectivity index (χ3n) is 5.86. The number of carbonyl (C=O) groups is 1. The second-order valence-electron chi connectivity index (χ2n) is 8.11. The number of hydrogen-bond donors (Lipinski definition) is 1. The first-order valence-corrected chi connectivity index (χ1v) is 11.1. The lowest BCUT2D eigenvalue weighted by atomic mass is 9.90. The van der Waals surface area contributed by atoms with Crippen LogP contribution in [0, 0.1) is 6.92 Å². The molecule has 0 unspecified atom stereocenters. The lowest BCUT2D eigenvalue weighted by Crippen LogP contribution is -2.23. The number of hydrogen-bond acceptors (Lipinski definition) is 3. The van der Waals surface area contributed by atoms with Crippen LogP contribution in [0.15, 0.2) is 114 Å². The third-order valence-corrected chi connectivity index (χ3v) is 5.86. The molecule has 1 aromatic heterocycles. The number of carbonyl (C=O) groups excluding carboxylic acids is 1. The van der Waals surface area contributed by atoms with Crippen molar-refractivity contribution in [2.45, 2.75) is 12.8 Å². The Morgan fingerprint density at radius 2 is 1.32 bits per heavy atom. The van der Waals surface area contributed by atoms with Gasteiger partial charge in [0.05, 0.1) is 22.5 Å². The molecular weight excluding hydrogens is 422 g/mol. The zero-order valence-electron chi connectivity index (χ0n) is 18.7. The van der Waals surface area contributed by atoms with E-state index in [9.17, 15) is 9.59 Å². The molecule has 0 atom stereocenters. The van der Waals surface area contributed by atoms with Crippen molar-refractivity contribution in [3.8, 4) is 5.69 Å². The second kappa shape index (κ2) is 9.16. The van der Waals surface area contributed by atoms with E-state index < -0.39 is 5.92 Å². The maximum atomic E-state index is 13.3. The number of aryl methyl sites for hydroxylation is 1. The summed E-state index contributed by atoms with van der Waals surface area (Å²) in [4.78, 5) is 31.0. The average molecular weight is 446 g/mol. The molecule has 0 fully saturated rings. The molecule has 5 aromatic rings. The highest BCUT2D eigenvalue weighted by Crippen LogP contribution is 2.26. The summed E-state index contributed by atoms with van der Waals surface area (Å²) < 4.78 is 1.59. The molecule has 5 heteroatoms. The Hall–Kier alpha value is -4.51. The molecule has 0 spiro atoms. The number of nitrogens with one attached hydrogen (secondary N) is 1. The zero-order valence-corrected chi connectivity index (χ0v) is 18.7. The van der Waals surface area contributed by atoms with Gasteiger partial charge in [-0.15, -0.1) is 0 Å². The Labute approximate surface area is 197 Å². The van der Waals surface area contributed by atoms with Crippen molar-refractivity contribution < 1.29 is 4.79 Å². The molecular formula is C29H23N3O2. The topological polar surface area (TPSA) is 64.0 Å². The molecule has 0 aliphatic carbocycles. The first kappa shape index (κ1) is 21.3. The first-order valence-electron chi connectivity index (χ1n) is 11.1. The number of nitrogens with zero attached hydrogens (tertiary/aromatic N) is 2. The van der Waals surface area contributed by atoms with Gasteiger partial charge in [-0.25, -0.2) is 4.98 Å². The Morgan fingerprint density at radius 3 is 1.94 bits per heavy atom. The highest BCUT2D eigenvalue weighted by Gasteiger charge is 2.22. The fourth-order valence-electron chi connectivity index (χ4n) is 4.24. The summed E-state index contributed by atoms with van der Waals surface area (Å²) in [6.45, 7) is 1.81. The van der Waals surface area contributed by atoms with Crippen molar-refractivity contribution in [2.24, 2.45) is 0 Å². The van der Waals surface area contributed by atoms with Crippen LogP contribution in [0.5, 0.6) is 0 Å². The predicted octanol–water partition coefficient (Wildman–Crippen LogP) is 5.46. The molecule has 0 aliphatic heterocycles. The fourth-order valence-corrected chi connectivity index (χ4v) is 4.24. The van der Waals surface area contributed by atoms with Crippen molar-refractivity contribution in [2.75, 3.05) is 5.32 Å². The van der Waals surface area contributed by atoms with E-state index in [0.717, 1.165) is 11.1 Å². The molecule has 166 valence electrons. The van der Waals surface area contributed by atoms with Crippen LogP contribution in [0.3, 0.4) is 0 Å². The summed E-state index contributed by atoms with van der Waals surface area (Å²) in [5.74, 6) is 0.0520. The Bertz CT molecular complexity index is 1470. The van der Waals surface area contributed by atoms with Gasteiger partial charge in [0.2, 0.25) is 5.91 Å². The van der Waals surface area contributed by atoms with Gasteiger partial charge in [-0.1, -0.05) is 72.8 Å². The highest BCUT2D eigenvalue weighted by molar-refractivity contribution is 5.98. The molecule has 4 aromatic carbocycles. The van der Waals surface area contributed by atoms with Crippen LogP contribution in [-0.2, 0) is 4.79 Å². The van der Waals surface area contributed by atoms with E-state index in [1.807, 2.05) is 97.9 Å². The summed E-state index contributed by atoms with van der Waals surface area (Å²) in [5, 5.41) is 3.60. The quantitative estimate of drug-likeness (QED) is 0.390. The van der Waals surface area contributed by atoms with Crippen LogP contribution < -0.4 is 10.9 Å². The molecule has 34 heavy (non-hydrogen) atoms. The minimum atomic E-state index is -0.434. The highest BCUT2D eigenvalue weighted by atomic mass is 16.2. The van der Waals surface area contributed by atoms with E-state index in [4.69, 9.17) is 0 Å². The van der Waals surface area contributed by atoms with Crippen LogP contribution in [0.2, 0.25) is 0 Å². The Morgan fingerprint density at radius 1 is 0.765 bits per heavy atom. The molecule has 1 N–H and O–H groups in total. The molecule has 5 rings (SSSR count). The standard InChI is InChI=1S/C29H23N3O2/c1-20-30-26-15-9-8-14-25(26)29(34)32(20)24-18-16-23(17-19-24)31-28(33)27(21-10-4-2-5-11-21)22-12-6-3-7-13-22/h2-19,27H,1H3,(H,31,33). The number of aromatic nitrogens is 2. The van der Waals surface area contributed by atoms with Gasteiger partial charge in [0, 0.05) is 5.69 Å². The second-order valence-corrected chi connectivity index (χ2v) is 8.11. The van der Waals surface area contributed by atoms with E-state index in [-0.39, 0.29) is 11.5 Å². The maximum Gasteiger partial charge on any atom is 0.265 e. The normalized spacial score (nSPS) is 11.0. The van der Waals surface area contributed by atoms with Crippen molar-refractivity contribution >= 4 is 22.5 Å². The number of fused-ring (bicyclic) bond motifs is 1. The van der Waals surface area contributed by atoms with Gasteiger partial charge < -0.3 is 5.32 Å². The van der Waals surface area contributed by atoms with Crippen LogP contribution in [0.25, 0.3) is 16.6 Å². The van der Waals surface area contributed by atoms with E-state index in [0.29, 0.717) is 28.1 Å². The van der Waals surface area contributed by atoms with Gasteiger partial charge in [-0.2, -0.15) is 0 Å². The van der Waals surface area contributed by atoms with Gasteiger partial charge in [-0.3, -0.25) is 14.2 Å². The first-order chi connectivity index (χ1) is 16.6. The number of rotatable bonds is 5. The van der Waals surface area contributed by atoms with Crippen molar-refractivity contribution in [3.05, 3.63) is 136 Å². The third kappa shape index (κ3) is 4.11. The van der Waals surface area contributed by atoms with Gasteiger partial charge in [0.1, 0.15) is 5.82 Å². The van der Waals surface area contributed by atoms with E-state index in [1.54, 1.807) is 22.8 Å². The van der Waals surface area contributed by atoms with E-state index in [2.05, 4.69) is 10.3 Å². The van der Waals surface area contributed by atoms with Gasteiger partial charge in [-0.05, 0) is 54.4 Å². The van der Waals surface area contributed by atoms with Crippen LogP contribution in [-0.4, -0.2) is 15.5 Å². The van der Waals surface area contributed by atoms with E-state index in [1.165, 1.54) is 0 Å². The lowest BCUT2D eigenvalue weighted by molar-refractivity contribution is -0.116. The molecule has 0 bridgehead atoms. The van der Waals surface area contributed by atoms with Crippen molar-refractivity contribution in [1.82, 2.24) is 9.55 Å². The molecule has 0 aliphatic rings. The molecule has 1 heterocycles. The van der Waals surface area contributed by atoms with Crippen LogP contribution >= 0.6 is 0 Å². The summed E-state index contributed by atoms with van der Waals surface area (Å²) in [6.07, 6.45) is 0. The van der Waals surface area contributed by atoms with E-state index >= 15 is 0 Å². The SMILES string of the molecule is Cc1nc2ccccc2c(=O)n1-c1ccc(NC(=O)C(c2ccccc2)c2ccccc2)cc1. The van der Waals surface area contributed by atoms with Crippen LogP contribution in [0.4, 0.5) is 5.69 Å². The average Bonchev–Trinajstić information content (AvgIpc) is 2.86. The Balaban J connectivity index is 1.45. The maximum absolute atomic E-state index is 13.3. The van der Waals surface area contributed by atoms with Gasteiger partial charge in [0.15, 0.2) is 0 Å². The molecule has 5 nitrogen and oxygen atoms in total. The van der Waals surface area contributed by atoms with Gasteiger partial charge >= 0.3 is 0 Å². The number of anilines is 1. The van der Waals surface area contributed by atoms with Crippen LogP contribution in [0.1, 0.15) is 22.9 Å². The lowest BCUT2D eigenvalue weighted by Gasteiger charge is -2.18. The summed E-state index contributed by atoms with van der Waals surface area (Å²) in [7, 11) is 0. The monoisotopic (exact) mass is 445 g/mol. The number of benzene rings is 4. The van der Waals surface area contributed by atoms with Crippen molar-refractivity contribution in [3.63, 3.8) is 0 Å². The minimum Gasteiger partial charge on any atom is -0.325 e. The summed E-state index contributed by atoms with van der Waals surface area (Å²) >= 11 is 0. The Kier molecular flexibility index (Phi) is 5.75. The minimum absolute atomic E-state index is 0.117. The van der Waals surface area contributed by atoms with Crippen molar-refractivity contribution in [1.29, 1.82) is 0 Å². The fraction of sp³-hybridized carbons (Fsp3) is 0.0690.